The number of benzene rings is 1. The standard InChI is InChI=1S/C11H9NO/c13-7-10-6-9-3-1-2-8-4-5-12(10)11(8)9/h1-3,6-7H,4-5H2. The fraction of sp³-hybridized carbons (Fsp3) is 0.182. The predicted octanol–water partition coefficient (Wildman–Crippen LogP) is 2.01. The summed E-state index contributed by atoms with van der Waals surface area (Å²) in [5.41, 5.74) is 3.43. The molecule has 2 nitrogen and oxygen atoms in total. The summed E-state index contributed by atoms with van der Waals surface area (Å²) in [5, 5.41) is 1.19. The molecule has 2 heteroatoms. The average Bonchev–Trinajstić information content (AvgIpc) is 2.73. The molecule has 1 aliphatic rings. The third-order valence-corrected chi connectivity index (χ3v) is 2.76. The number of hydrogen-bond acceptors (Lipinski definition) is 1. The highest BCUT2D eigenvalue weighted by molar-refractivity contribution is 5.91. The van der Waals surface area contributed by atoms with Gasteiger partial charge in [-0.15, -0.1) is 0 Å². The fourth-order valence-corrected chi connectivity index (χ4v) is 2.20. The smallest absolute Gasteiger partial charge is 0.166 e. The van der Waals surface area contributed by atoms with Crippen molar-refractivity contribution < 1.29 is 4.79 Å². The maximum Gasteiger partial charge on any atom is 0.166 e. The van der Waals surface area contributed by atoms with Crippen LogP contribution in [0.15, 0.2) is 24.3 Å². The zero-order valence-corrected chi connectivity index (χ0v) is 7.16. The van der Waals surface area contributed by atoms with E-state index < -0.39 is 0 Å². The van der Waals surface area contributed by atoms with Crippen LogP contribution in [0.4, 0.5) is 0 Å². The molecule has 2 aromatic rings. The van der Waals surface area contributed by atoms with E-state index in [0.717, 1.165) is 24.9 Å². The summed E-state index contributed by atoms with van der Waals surface area (Å²) < 4.78 is 2.11. The summed E-state index contributed by atoms with van der Waals surface area (Å²) in [6.45, 7) is 0.955. The van der Waals surface area contributed by atoms with Crippen LogP contribution in [0, 0.1) is 0 Å². The molecule has 64 valence electrons. The van der Waals surface area contributed by atoms with Crippen molar-refractivity contribution in [2.45, 2.75) is 13.0 Å². The Labute approximate surface area is 75.8 Å². The number of hydrogen-bond donors (Lipinski definition) is 0. The topological polar surface area (TPSA) is 22.0 Å². The molecule has 0 saturated carbocycles. The minimum absolute atomic E-state index is 0.806. The fourth-order valence-electron chi connectivity index (χ4n) is 2.20. The van der Waals surface area contributed by atoms with Gasteiger partial charge in [0.1, 0.15) is 0 Å². The van der Waals surface area contributed by atoms with Crippen molar-refractivity contribution in [2.24, 2.45) is 0 Å². The predicted molar refractivity (Wildman–Crippen MR) is 51.0 cm³/mol. The van der Waals surface area contributed by atoms with Gasteiger partial charge in [0, 0.05) is 11.9 Å². The Morgan fingerprint density at radius 1 is 1.38 bits per heavy atom. The number of aryl methyl sites for hydroxylation is 2. The lowest BCUT2D eigenvalue weighted by atomic mass is 10.1. The van der Waals surface area contributed by atoms with E-state index in [9.17, 15) is 4.79 Å². The first kappa shape index (κ1) is 6.89. The summed E-state index contributed by atoms with van der Waals surface area (Å²) in [6, 6.07) is 8.22. The molecule has 0 unspecified atom stereocenters. The summed E-state index contributed by atoms with van der Waals surface area (Å²) in [7, 11) is 0. The molecule has 1 aliphatic heterocycles. The van der Waals surface area contributed by atoms with Gasteiger partial charge in [0.15, 0.2) is 6.29 Å². The van der Waals surface area contributed by atoms with Crippen molar-refractivity contribution in [3.8, 4) is 0 Å². The lowest BCUT2D eigenvalue weighted by Gasteiger charge is -1.95. The second kappa shape index (κ2) is 2.22. The number of nitrogens with zero attached hydrogens (tertiary/aromatic N) is 1. The lowest BCUT2D eigenvalue weighted by Crippen LogP contribution is -1.96. The zero-order valence-electron chi connectivity index (χ0n) is 7.16. The third-order valence-electron chi connectivity index (χ3n) is 2.76. The van der Waals surface area contributed by atoms with Gasteiger partial charge >= 0.3 is 0 Å². The van der Waals surface area contributed by atoms with Gasteiger partial charge in [-0.05, 0) is 18.1 Å². The van der Waals surface area contributed by atoms with Crippen LogP contribution in [0.25, 0.3) is 10.9 Å². The van der Waals surface area contributed by atoms with Crippen LogP contribution in [-0.4, -0.2) is 10.9 Å². The Kier molecular flexibility index (Phi) is 1.18. The third kappa shape index (κ3) is 0.750. The van der Waals surface area contributed by atoms with E-state index in [1.807, 2.05) is 6.07 Å². The van der Waals surface area contributed by atoms with Crippen molar-refractivity contribution >= 4 is 17.2 Å². The van der Waals surface area contributed by atoms with Crippen LogP contribution in [0.2, 0.25) is 0 Å². The van der Waals surface area contributed by atoms with Gasteiger partial charge < -0.3 is 4.57 Å². The second-order valence-corrected chi connectivity index (χ2v) is 3.44. The van der Waals surface area contributed by atoms with E-state index in [2.05, 4.69) is 22.8 Å². The Hall–Kier alpha value is -1.57. The Bertz CT molecular complexity index is 496. The molecular formula is C11H9NO. The van der Waals surface area contributed by atoms with E-state index >= 15 is 0 Å². The highest BCUT2D eigenvalue weighted by atomic mass is 16.1. The molecule has 0 radical (unpaired) electrons. The molecule has 0 N–H and O–H groups in total. The summed E-state index contributed by atoms with van der Waals surface area (Å²) in [5.74, 6) is 0. The number of rotatable bonds is 1. The van der Waals surface area contributed by atoms with Gasteiger partial charge in [-0.25, -0.2) is 0 Å². The van der Waals surface area contributed by atoms with Gasteiger partial charge in [-0.3, -0.25) is 4.79 Å². The largest absolute Gasteiger partial charge is 0.338 e. The van der Waals surface area contributed by atoms with E-state index in [1.165, 1.54) is 16.5 Å². The van der Waals surface area contributed by atoms with Crippen molar-refractivity contribution in [1.82, 2.24) is 4.57 Å². The Balaban J connectivity index is 2.52. The number of aldehydes is 1. The Morgan fingerprint density at radius 2 is 2.31 bits per heavy atom. The minimum Gasteiger partial charge on any atom is -0.338 e. The van der Waals surface area contributed by atoms with Crippen molar-refractivity contribution in [3.63, 3.8) is 0 Å². The van der Waals surface area contributed by atoms with E-state index in [0.29, 0.717) is 0 Å². The molecule has 13 heavy (non-hydrogen) atoms. The maximum absolute atomic E-state index is 10.8. The maximum atomic E-state index is 10.8. The molecular weight excluding hydrogens is 162 g/mol. The first-order chi connectivity index (χ1) is 6.40. The van der Waals surface area contributed by atoms with Crippen LogP contribution in [0.1, 0.15) is 16.1 Å². The lowest BCUT2D eigenvalue weighted by molar-refractivity contribution is 0.111. The molecule has 1 aromatic heterocycles. The molecule has 1 aromatic carbocycles. The van der Waals surface area contributed by atoms with Crippen LogP contribution >= 0.6 is 0 Å². The van der Waals surface area contributed by atoms with Crippen molar-refractivity contribution in [3.05, 3.63) is 35.5 Å². The van der Waals surface area contributed by atoms with Gasteiger partial charge in [0.05, 0.1) is 11.2 Å². The van der Waals surface area contributed by atoms with Crippen LogP contribution in [0.3, 0.4) is 0 Å². The molecule has 0 aliphatic carbocycles. The summed E-state index contributed by atoms with van der Waals surface area (Å²) >= 11 is 0. The normalized spacial score (nSPS) is 13.8. The molecule has 0 fully saturated rings. The first-order valence-corrected chi connectivity index (χ1v) is 4.46. The molecule has 2 heterocycles. The molecule has 0 spiro atoms. The average molecular weight is 171 g/mol. The number of aromatic nitrogens is 1. The zero-order chi connectivity index (χ0) is 8.84. The van der Waals surface area contributed by atoms with Crippen LogP contribution in [0.5, 0.6) is 0 Å². The number of para-hydroxylation sites is 1. The SMILES string of the molecule is O=Cc1cc2cccc3c2n1CC3. The number of carbonyl (C=O) groups excluding carboxylic acids is 1. The number of carbonyl (C=O) groups is 1. The molecule has 0 atom stereocenters. The highest BCUT2D eigenvalue weighted by Gasteiger charge is 2.16. The van der Waals surface area contributed by atoms with E-state index in [1.54, 1.807) is 0 Å². The minimum atomic E-state index is 0.806. The van der Waals surface area contributed by atoms with Gasteiger partial charge in [-0.1, -0.05) is 18.2 Å². The van der Waals surface area contributed by atoms with E-state index in [4.69, 9.17) is 0 Å². The van der Waals surface area contributed by atoms with Crippen LogP contribution < -0.4 is 0 Å². The van der Waals surface area contributed by atoms with Crippen molar-refractivity contribution in [2.75, 3.05) is 0 Å². The molecule has 3 rings (SSSR count). The van der Waals surface area contributed by atoms with Crippen LogP contribution in [-0.2, 0) is 13.0 Å². The van der Waals surface area contributed by atoms with E-state index in [-0.39, 0.29) is 0 Å². The highest BCUT2D eigenvalue weighted by Crippen LogP contribution is 2.28. The van der Waals surface area contributed by atoms with Gasteiger partial charge in [-0.2, -0.15) is 0 Å². The summed E-state index contributed by atoms with van der Waals surface area (Å²) in [6.07, 6.45) is 2.00. The monoisotopic (exact) mass is 171 g/mol. The first-order valence-electron chi connectivity index (χ1n) is 4.46. The van der Waals surface area contributed by atoms with Gasteiger partial charge in [0.25, 0.3) is 0 Å². The molecule has 0 saturated heterocycles. The van der Waals surface area contributed by atoms with Gasteiger partial charge in [0.2, 0.25) is 0 Å². The van der Waals surface area contributed by atoms with Crippen molar-refractivity contribution in [1.29, 1.82) is 0 Å². The summed E-state index contributed by atoms with van der Waals surface area (Å²) in [4.78, 5) is 10.8. The quantitative estimate of drug-likeness (QED) is 0.601. The Morgan fingerprint density at radius 3 is 3.15 bits per heavy atom. The molecule has 0 amide bonds. The molecule has 0 bridgehead atoms. The second-order valence-electron chi connectivity index (χ2n) is 3.44.